The molecule has 0 radical (unpaired) electrons. The highest BCUT2D eigenvalue weighted by molar-refractivity contribution is 7.89. The second-order valence-corrected chi connectivity index (χ2v) is 7.43. The molecule has 2 aliphatic heterocycles. The van der Waals surface area contributed by atoms with Crippen molar-refractivity contribution in [3.05, 3.63) is 35.4 Å². The number of benzene rings is 1. The zero-order chi connectivity index (χ0) is 12.8. The number of sulfonamides is 1. The minimum atomic E-state index is -3.13. The van der Waals surface area contributed by atoms with Crippen LogP contribution < -0.4 is 5.32 Å². The Morgan fingerprint density at radius 2 is 2.00 bits per heavy atom. The van der Waals surface area contributed by atoms with E-state index in [1.54, 1.807) is 4.31 Å². The van der Waals surface area contributed by atoms with E-state index in [9.17, 15) is 8.42 Å². The van der Waals surface area contributed by atoms with Crippen molar-refractivity contribution in [3.8, 4) is 0 Å². The Labute approximate surface area is 108 Å². The molecule has 0 saturated carbocycles. The number of fused-ring (bicyclic) bond motifs is 1. The predicted octanol–water partition coefficient (Wildman–Crippen LogP) is 0.907. The summed E-state index contributed by atoms with van der Waals surface area (Å²) in [6, 6.07) is 8.14. The maximum absolute atomic E-state index is 12.4. The van der Waals surface area contributed by atoms with Gasteiger partial charge in [0.05, 0.1) is 0 Å². The highest BCUT2D eigenvalue weighted by Gasteiger charge is 2.38. The molecule has 1 saturated heterocycles. The van der Waals surface area contributed by atoms with Crippen molar-refractivity contribution in [2.24, 2.45) is 0 Å². The van der Waals surface area contributed by atoms with Crippen molar-refractivity contribution in [3.63, 3.8) is 0 Å². The molecule has 1 aromatic carbocycles. The topological polar surface area (TPSA) is 49.4 Å². The third kappa shape index (κ3) is 1.86. The van der Waals surface area contributed by atoms with E-state index in [0.29, 0.717) is 26.2 Å². The van der Waals surface area contributed by atoms with Crippen LogP contribution in [0.3, 0.4) is 0 Å². The van der Waals surface area contributed by atoms with Gasteiger partial charge >= 0.3 is 0 Å². The lowest BCUT2D eigenvalue weighted by Crippen LogP contribution is -2.56. The summed E-state index contributed by atoms with van der Waals surface area (Å²) in [6.07, 6.45) is 0. The van der Waals surface area contributed by atoms with Gasteiger partial charge in [0, 0.05) is 26.2 Å². The van der Waals surface area contributed by atoms with E-state index in [2.05, 4.69) is 18.3 Å². The van der Waals surface area contributed by atoms with Crippen LogP contribution in [0, 0.1) is 0 Å². The standard InChI is InChI=1S/C13H18N2O2S/c1-10-8-15(18(16,17)12-6-14-7-12)9-11-4-2-3-5-13(10)11/h2-5,10,12,14H,6-9H2,1H3. The second-order valence-electron chi connectivity index (χ2n) is 5.22. The average molecular weight is 266 g/mol. The maximum Gasteiger partial charge on any atom is 0.219 e. The van der Waals surface area contributed by atoms with Crippen molar-refractivity contribution < 1.29 is 8.42 Å². The van der Waals surface area contributed by atoms with Crippen LogP contribution >= 0.6 is 0 Å². The Balaban J connectivity index is 1.90. The summed E-state index contributed by atoms with van der Waals surface area (Å²) in [5.41, 5.74) is 2.43. The first-order valence-electron chi connectivity index (χ1n) is 6.36. The Hall–Kier alpha value is -0.910. The Kier molecular flexibility index (Phi) is 2.92. The number of hydrogen-bond acceptors (Lipinski definition) is 3. The summed E-state index contributed by atoms with van der Waals surface area (Å²) in [6.45, 7) is 4.42. The second kappa shape index (κ2) is 4.33. The SMILES string of the molecule is CC1CN(S(=O)(=O)C2CNC2)Cc2ccccc21. The van der Waals surface area contributed by atoms with Crippen LogP contribution in [0.2, 0.25) is 0 Å². The molecule has 5 heteroatoms. The number of rotatable bonds is 2. The largest absolute Gasteiger partial charge is 0.314 e. The maximum atomic E-state index is 12.4. The lowest BCUT2D eigenvalue weighted by atomic mass is 9.92. The van der Waals surface area contributed by atoms with Gasteiger partial charge in [-0.1, -0.05) is 31.2 Å². The van der Waals surface area contributed by atoms with Crippen LogP contribution in [0.25, 0.3) is 0 Å². The minimum Gasteiger partial charge on any atom is -0.314 e. The zero-order valence-electron chi connectivity index (χ0n) is 10.5. The quantitative estimate of drug-likeness (QED) is 0.865. The molecule has 98 valence electrons. The van der Waals surface area contributed by atoms with E-state index in [0.717, 1.165) is 5.56 Å². The van der Waals surface area contributed by atoms with Crippen LogP contribution in [0.5, 0.6) is 0 Å². The fourth-order valence-corrected chi connectivity index (χ4v) is 4.52. The molecule has 0 spiro atoms. The molecule has 0 bridgehead atoms. The van der Waals surface area contributed by atoms with Crippen LogP contribution in [0.15, 0.2) is 24.3 Å². The van der Waals surface area contributed by atoms with Gasteiger partial charge in [0.15, 0.2) is 0 Å². The van der Waals surface area contributed by atoms with E-state index in [4.69, 9.17) is 0 Å². The van der Waals surface area contributed by atoms with Gasteiger partial charge < -0.3 is 5.32 Å². The molecule has 1 unspecified atom stereocenters. The van der Waals surface area contributed by atoms with E-state index < -0.39 is 10.0 Å². The third-order valence-electron chi connectivity index (χ3n) is 3.94. The summed E-state index contributed by atoms with van der Waals surface area (Å²) in [7, 11) is -3.13. The van der Waals surface area contributed by atoms with Crippen LogP contribution in [0.1, 0.15) is 24.0 Å². The average Bonchev–Trinajstić information content (AvgIpc) is 2.26. The molecule has 0 aliphatic carbocycles. The molecule has 2 aliphatic rings. The van der Waals surface area contributed by atoms with Gasteiger partial charge in [-0.2, -0.15) is 4.31 Å². The lowest BCUT2D eigenvalue weighted by Gasteiger charge is -2.37. The summed E-state index contributed by atoms with van der Waals surface area (Å²) in [4.78, 5) is 0. The van der Waals surface area contributed by atoms with Crippen molar-refractivity contribution in [2.45, 2.75) is 24.6 Å². The molecular formula is C13H18N2O2S. The van der Waals surface area contributed by atoms with Crippen molar-refractivity contribution >= 4 is 10.0 Å². The van der Waals surface area contributed by atoms with E-state index in [1.807, 2.05) is 18.2 Å². The Bertz CT molecular complexity index is 552. The molecule has 1 N–H and O–H groups in total. The van der Waals surface area contributed by atoms with Crippen LogP contribution in [-0.4, -0.2) is 37.6 Å². The van der Waals surface area contributed by atoms with Gasteiger partial charge in [0.25, 0.3) is 0 Å². The summed E-state index contributed by atoms with van der Waals surface area (Å²) in [5, 5.41) is 2.80. The molecule has 18 heavy (non-hydrogen) atoms. The summed E-state index contributed by atoms with van der Waals surface area (Å²) >= 11 is 0. The molecular weight excluding hydrogens is 248 g/mol. The molecule has 1 aromatic rings. The molecule has 1 atom stereocenters. The minimum absolute atomic E-state index is 0.227. The predicted molar refractivity (Wildman–Crippen MR) is 70.8 cm³/mol. The fraction of sp³-hybridized carbons (Fsp3) is 0.538. The molecule has 1 fully saturated rings. The first kappa shape index (κ1) is 12.1. The van der Waals surface area contributed by atoms with Crippen LogP contribution in [0.4, 0.5) is 0 Å². The highest BCUT2D eigenvalue weighted by atomic mass is 32.2. The van der Waals surface area contributed by atoms with Gasteiger partial charge in [-0.15, -0.1) is 0 Å². The summed E-state index contributed by atoms with van der Waals surface area (Å²) < 4.78 is 26.5. The van der Waals surface area contributed by atoms with Gasteiger partial charge in [-0.05, 0) is 17.0 Å². The molecule has 4 nitrogen and oxygen atoms in total. The fourth-order valence-electron chi connectivity index (χ4n) is 2.69. The zero-order valence-corrected chi connectivity index (χ0v) is 11.3. The first-order chi connectivity index (χ1) is 8.59. The van der Waals surface area contributed by atoms with Crippen molar-refractivity contribution in [2.75, 3.05) is 19.6 Å². The normalized spacial score (nSPS) is 25.5. The van der Waals surface area contributed by atoms with Gasteiger partial charge in [0.1, 0.15) is 5.25 Å². The molecule has 0 amide bonds. The van der Waals surface area contributed by atoms with Crippen LogP contribution in [-0.2, 0) is 16.6 Å². The third-order valence-corrected chi connectivity index (χ3v) is 6.11. The molecule has 0 aromatic heterocycles. The summed E-state index contributed by atoms with van der Waals surface area (Å²) in [5.74, 6) is 0.276. The number of nitrogens with zero attached hydrogens (tertiary/aromatic N) is 1. The van der Waals surface area contributed by atoms with Gasteiger partial charge in [-0.3, -0.25) is 0 Å². The van der Waals surface area contributed by atoms with Crippen molar-refractivity contribution in [1.29, 1.82) is 0 Å². The van der Waals surface area contributed by atoms with E-state index in [-0.39, 0.29) is 11.2 Å². The Morgan fingerprint density at radius 1 is 1.28 bits per heavy atom. The van der Waals surface area contributed by atoms with Crippen molar-refractivity contribution in [1.82, 2.24) is 9.62 Å². The lowest BCUT2D eigenvalue weighted by molar-refractivity contribution is 0.347. The number of hydrogen-bond donors (Lipinski definition) is 1. The Morgan fingerprint density at radius 3 is 2.67 bits per heavy atom. The smallest absolute Gasteiger partial charge is 0.219 e. The van der Waals surface area contributed by atoms with Gasteiger partial charge in [-0.25, -0.2) is 8.42 Å². The molecule has 3 rings (SSSR count). The van der Waals surface area contributed by atoms with Gasteiger partial charge in [0.2, 0.25) is 10.0 Å². The highest BCUT2D eigenvalue weighted by Crippen LogP contribution is 2.30. The van der Waals surface area contributed by atoms with E-state index >= 15 is 0 Å². The number of nitrogens with one attached hydrogen (secondary N) is 1. The molecule has 2 heterocycles. The monoisotopic (exact) mass is 266 g/mol. The first-order valence-corrected chi connectivity index (χ1v) is 7.87. The van der Waals surface area contributed by atoms with E-state index in [1.165, 1.54) is 5.56 Å².